The number of carbonyl (C=O) groups excluding carboxylic acids is 1. The predicted molar refractivity (Wildman–Crippen MR) is 68.3 cm³/mol. The highest BCUT2D eigenvalue weighted by atomic mass is 16.2. The van der Waals surface area contributed by atoms with Crippen LogP contribution in [0.1, 0.15) is 44.7 Å². The minimum absolute atomic E-state index is 0.0520. The maximum absolute atomic E-state index is 11.8. The van der Waals surface area contributed by atoms with Crippen molar-refractivity contribution in [2.75, 3.05) is 0 Å². The predicted octanol–water partition coefficient (Wildman–Crippen LogP) is 1.78. The molecular formula is C13H21N3O. The van der Waals surface area contributed by atoms with Crippen molar-refractivity contribution in [3.05, 3.63) is 30.1 Å². The lowest BCUT2D eigenvalue weighted by molar-refractivity contribution is -0.123. The summed E-state index contributed by atoms with van der Waals surface area (Å²) in [4.78, 5) is 15.8. The molecule has 0 aliphatic heterocycles. The molecule has 0 spiro atoms. The molecule has 1 aromatic heterocycles. The molecule has 1 heterocycles. The number of carbonyl (C=O) groups is 1. The van der Waals surface area contributed by atoms with Crippen LogP contribution >= 0.6 is 0 Å². The van der Waals surface area contributed by atoms with Crippen LogP contribution in [0.3, 0.4) is 0 Å². The minimum Gasteiger partial charge on any atom is -0.348 e. The number of nitrogens with one attached hydrogen (secondary N) is 1. The van der Waals surface area contributed by atoms with Crippen molar-refractivity contribution in [1.82, 2.24) is 10.3 Å². The zero-order valence-corrected chi connectivity index (χ0v) is 10.5. The maximum Gasteiger partial charge on any atom is 0.237 e. The van der Waals surface area contributed by atoms with Crippen LogP contribution in [0.15, 0.2) is 24.5 Å². The van der Waals surface area contributed by atoms with Crippen molar-refractivity contribution in [3.63, 3.8) is 0 Å². The lowest BCUT2D eigenvalue weighted by atomic mass is 10.1. The highest BCUT2D eigenvalue weighted by Crippen LogP contribution is 2.10. The molecule has 94 valence electrons. The van der Waals surface area contributed by atoms with Crippen molar-refractivity contribution in [2.24, 2.45) is 5.73 Å². The number of hydrogen-bond acceptors (Lipinski definition) is 3. The maximum atomic E-state index is 11.8. The standard InChI is InChI=1S/C13H21N3O/c1-3-4-7-12(14)13(17)16-10(2)11-6-5-8-15-9-11/h5-6,8-10,12H,3-4,7,14H2,1-2H3,(H,16,17). The van der Waals surface area contributed by atoms with Gasteiger partial charge in [-0.3, -0.25) is 9.78 Å². The molecule has 4 heteroatoms. The van der Waals surface area contributed by atoms with Crippen LogP contribution in [-0.4, -0.2) is 16.9 Å². The zero-order valence-electron chi connectivity index (χ0n) is 10.5. The van der Waals surface area contributed by atoms with E-state index in [4.69, 9.17) is 5.73 Å². The van der Waals surface area contributed by atoms with E-state index >= 15 is 0 Å². The number of unbranched alkanes of at least 4 members (excludes halogenated alkanes) is 1. The summed E-state index contributed by atoms with van der Waals surface area (Å²) in [6.45, 7) is 4.02. The molecule has 2 unspecified atom stereocenters. The molecule has 4 nitrogen and oxygen atoms in total. The van der Waals surface area contributed by atoms with Gasteiger partial charge in [-0.05, 0) is 25.0 Å². The van der Waals surface area contributed by atoms with Crippen molar-refractivity contribution in [3.8, 4) is 0 Å². The van der Waals surface area contributed by atoms with Crippen LogP contribution in [-0.2, 0) is 4.79 Å². The Morgan fingerprint density at radius 1 is 1.59 bits per heavy atom. The fourth-order valence-electron chi connectivity index (χ4n) is 1.59. The monoisotopic (exact) mass is 235 g/mol. The highest BCUT2D eigenvalue weighted by molar-refractivity contribution is 5.81. The van der Waals surface area contributed by atoms with Crippen LogP contribution in [0.5, 0.6) is 0 Å². The number of nitrogens with two attached hydrogens (primary N) is 1. The van der Waals surface area contributed by atoms with Gasteiger partial charge in [-0.1, -0.05) is 25.8 Å². The second-order valence-corrected chi connectivity index (χ2v) is 4.27. The summed E-state index contributed by atoms with van der Waals surface area (Å²) in [6.07, 6.45) is 6.24. The van der Waals surface area contributed by atoms with E-state index in [9.17, 15) is 4.79 Å². The van der Waals surface area contributed by atoms with Gasteiger partial charge in [0.15, 0.2) is 0 Å². The lowest BCUT2D eigenvalue weighted by Gasteiger charge is -2.17. The summed E-state index contributed by atoms with van der Waals surface area (Å²) in [7, 11) is 0. The molecule has 2 atom stereocenters. The molecule has 3 N–H and O–H groups in total. The smallest absolute Gasteiger partial charge is 0.237 e. The van der Waals surface area contributed by atoms with Crippen LogP contribution in [0.4, 0.5) is 0 Å². The van der Waals surface area contributed by atoms with E-state index in [1.807, 2.05) is 19.1 Å². The molecule has 0 aromatic carbocycles. The molecule has 0 bridgehead atoms. The first-order chi connectivity index (χ1) is 8.15. The van der Waals surface area contributed by atoms with E-state index in [-0.39, 0.29) is 11.9 Å². The first kappa shape index (κ1) is 13.6. The van der Waals surface area contributed by atoms with Gasteiger partial charge < -0.3 is 11.1 Å². The largest absolute Gasteiger partial charge is 0.348 e. The normalized spacial score (nSPS) is 14.1. The molecular weight excluding hydrogens is 214 g/mol. The Labute approximate surface area is 103 Å². The Morgan fingerprint density at radius 3 is 2.94 bits per heavy atom. The molecule has 17 heavy (non-hydrogen) atoms. The molecule has 0 radical (unpaired) electrons. The SMILES string of the molecule is CCCCC(N)C(=O)NC(C)c1cccnc1. The summed E-state index contributed by atoms with van der Waals surface area (Å²) >= 11 is 0. The fourth-order valence-corrected chi connectivity index (χ4v) is 1.59. The van der Waals surface area contributed by atoms with Gasteiger partial charge in [-0.15, -0.1) is 0 Å². The summed E-state index contributed by atoms with van der Waals surface area (Å²) < 4.78 is 0. The Bertz CT molecular complexity index is 340. The van der Waals surface area contributed by atoms with Crippen molar-refractivity contribution >= 4 is 5.91 Å². The molecule has 0 aliphatic rings. The van der Waals surface area contributed by atoms with Crippen LogP contribution in [0, 0.1) is 0 Å². The number of nitrogens with zero attached hydrogens (tertiary/aromatic N) is 1. The van der Waals surface area contributed by atoms with Gasteiger partial charge in [0, 0.05) is 12.4 Å². The second kappa shape index (κ2) is 7.01. The quantitative estimate of drug-likeness (QED) is 0.789. The third-order valence-corrected chi connectivity index (χ3v) is 2.75. The van der Waals surface area contributed by atoms with Gasteiger partial charge in [0.05, 0.1) is 12.1 Å². The number of hydrogen-bond donors (Lipinski definition) is 2. The van der Waals surface area contributed by atoms with E-state index in [1.54, 1.807) is 12.4 Å². The van der Waals surface area contributed by atoms with Gasteiger partial charge >= 0.3 is 0 Å². The molecule has 0 saturated heterocycles. The van der Waals surface area contributed by atoms with E-state index in [2.05, 4.69) is 17.2 Å². The third-order valence-electron chi connectivity index (χ3n) is 2.75. The number of amides is 1. The lowest BCUT2D eigenvalue weighted by Crippen LogP contribution is -2.41. The van der Waals surface area contributed by atoms with Crippen LogP contribution in [0.2, 0.25) is 0 Å². The van der Waals surface area contributed by atoms with Crippen molar-refractivity contribution in [1.29, 1.82) is 0 Å². The summed E-state index contributed by atoms with van der Waals surface area (Å²) in [5.41, 5.74) is 6.79. The summed E-state index contributed by atoms with van der Waals surface area (Å²) in [5, 5.41) is 2.90. The van der Waals surface area contributed by atoms with Crippen LogP contribution < -0.4 is 11.1 Å². The fraction of sp³-hybridized carbons (Fsp3) is 0.538. The molecule has 0 fully saturated rings. The van der Waals surface area contributed by atoms with E-state index in [0.717, 1.165) is 24.8 Å². The molecule has 1 aromatic rings. The highest BCUT2D eigenvalue weighted by Gasteiger charge is 2.15. The van der Waals surface area contributed by atoms with Gasteiger partial charge in [0.25, 0.3) is 0 Å². The van der Waals surface area contributed by atoms with Crippen LogP contribution in [0.25, 0.3) is 0 Å². The third kappa shape index (κ3) is 4.53. The van der Waals surface area contributed by atoms with Crippen molar-refractivity contribution < 1.29 is 4.79 Å². The average molecular weight is 235 g/mol. The van der Waals surface area contributed by atoms with Crippen molar-refractivity contribution in [2.45, 2.75) is 45.2 Å². The first-order valence-electron chi connectivity index (χ1n) is 6.11. The summed E-state index contributed by atoms with van der Waals surface area (Å²) in [6, 6.07) is 3.34. The Morgan fingerprint density at radius 2 is 2.35 bits per heavy atom. The Kier molecular flexibility index (Phi) is 5.63. The van der Waals surface area contributed by atoms with Gasteiger partial charge in [-0.2, -0.15) is 0 Å². The topological polar surface area (TPSA) is 68.0 Å². The van der Waals surface area contributed by atoms with E-state index in [1.165, 1.54) is 0 Å². The minimum atomic E-state index is -0.408. The molecule has 0 saturated carbocycles. The zero-order chi connectivity index (χ0) is 12.7. The first-order valence-corrected chi connectivity index (χ1v) is 6.11. The number of aromatic nitrogens is 1. The van der Waals surface area contributed by atoms with E-state index in [0.29, 0.717) is 0 Å². The Balaban J connectivity index is 2.46. The summed E-state index contributed by atoms with van der Waals surface area (Å²) in [5.74, 6) is -0.0881. The Hall–Kier alpha value is -1.42. The molecule has 1 rings (SSSR count). The number of rotatable bonds is 6. The molecule has 1 amide bonds. The molecule has 0 aliphatic carbocycles. The number of pyridine rings is 1. The van der Waals surface area contributed by atoms with Gasteiger partial charge in [0.1, 0.15) is 0 Å². The van der Waals surface area contributed by atoms with E-state index < -0.39 is 6.04 Å². The van der Waals surface area contributed by atoms with Gasteiger partial charge in [-0.25, -0.2) is 0 Å². The van der Waals surface area contributed by atoms with Gasteiger partial charge in [0.2, 0.25) is 5.91 Å². The average Bonchev–Trinajstić information content (AvgIpc) is 2.36. The second-order valence-electron chi connectivity index (χ2n) is 4.27.